The SMILES string of the molecule is COC1CCC(NCc2ccccc2Br)CC1. The normalized spacial score (nSPS) is 24.8. The highest BCUT2D eigenvalue weighted by molar-refractivity contribution is 9.10. The average Bonchev–Trinajstić information content (AvgIpc) is 2.38. The molecule has 94 valence electrons. The standard InChI is InChI=1S/C14H20BrNO/c1-17-13-8-6-12(7-9-13)16-10-11-4-2-3-5-14(11)15/h2-5,12-13,16H,6-10H2,1H3. The van der Waals surface area contributed by atoms with Crippen molar-refractivity contribution in [1.29, 1.82) is 0 Å². The van der Waals surface area contributed by atoms with E-state index in [4.69, 9.17) is 4.74 Å². The molecule has 2 rings (SSSR count). The summed E-state index contributed by atoms with van der Waals surface area (Å²) in [7, 11) is 1.82. The summed E-state index contributed by atoms with van der Waals surface area (Å²) < 4.78 is 6.58. The summed E-state index contributed by atoms with van der Waals surface area (Å²) in [5.41, 5.74) is 1.33. The van der Waals surface area contributed by atoms with Crippen LogP contribution in [-0.4, -0.2) is 19.3 Å². The summed E-state index contributed by atoms with van der Waals surface area (Å²) in [6.45, 7) is 0.948. The molecule has 1 aliphatic carbocycles. The van der Waals surface area contributed by atoms with E-state index in [1.54, 1.807) is 0 Å². The van der Waals surface area contributed by atoms with E-state index in [-0.39, 0.29) is 0 Å². The van der Waals surface area contributed by atoms with Crippen LogP contribution in [-0.2, 0) is 11.3 Å². The fourth-order valence-electron chi connectivity index (χ4n) is 2.40. The van der Waals surface area contributed by atoms with Crippen molar-refractivity contribution in [2.45, 2.75) is 44.4 Å². The molecule has 0 aliphatic heterocycles. The minimum Gasteiger partial charge on any atom is -0.381 e. The first-order valence-electron chi connectivity index (χ1n) is 6.29. The molecular weight excluding hydrogens is 278 g/mol. The fourth-order valence-corrected chi connectivity index (χ4v) is 2.82. The maximum absolute atomic E-state index is 5.39. The van der Waals surface area contributed by atoms with Crippen molar-refractivity contribution in [3.8, 4) is 0 Å². The predicted molar refractivity (Wildman–Crippen MR) is 74.0 cm³/mol. The van der Waals surface area contributed by atoms with Crippen LogP contribution in [0.15, 0.2) is 28.7 Å². The number of ether oxygens (including phenoxy) is 1. The van der Waals surface area contributed by atoms with E-state index in [0.717, 1.165) is 6.54 Å². The van der Waals surface area contributed by atoms with Crippen molar-refractivity contribution in [2.24, 2.45) is 0 Å². The minimum atomic E-state index is 0.483. The number of nitrogens with one attached hydrogen (secondary N) is 1. The molecule has 0 unspecified atom stereocenters. The van der Waals surface area contributed by atoms with Gasteiger partial charge in [-0.15, -0.1) is 0 Å². The third kappa shape index (κ3) is 3.80. The van der Waals surface area contributed by atoms with Crippen LogP contribution in [0.2, 0.25) is 0 Å². The van der Waals surface area contributed by atoms with Crippen molar-refractivity contribution in [2.75, 3.05) is 7.11 Å². The molecule has 0 saturated heterocycles. The highest BCUT2D eigenvalue weighted by atomic mass is 79.9. The van der Waals surface area contributed by atoms with Crippen LogP contribution in [0.5, 0.6) is 0 Å². The number of rotatable bonds is 4. The Balaban J connectivity index is 1.78. The van der Waals surface area contributed by atoms with Crippen molar-refractivity contribution in [1.82, 2.24) is 5.32 Å². The van der Waals surface area contributed by atoms with E-state index in [9.17, 15) is 0 Å². The molecule has 3 heteroatoms. The zero-order valence-corrected chi connectivity index (χ0v) is 11.9. The zero-order valence-electron chi connectivity index (χ0n) is 10.3. The molecule has 0 spiro atoms. The number of hydrogen-bond donors (Lipinski definition) is 1. The Labute approximate surface area is 112 Å². The van der Waals surface area contributed by atoms with E-state index < -0.39 is 0 Å². The average molecular weight is 298 g/mol. The Bertz CT molecular complexity index is 348. The van der Waals surface area contributed by atoms with Crippen LogP contribution in [0.3, 0.4) is 0 Å². The molecule has 0 radical (unpaired) electrons. The lowest BCUT2D eigenvalue weighted by atomic mass is 9.93. The Morgan fingerprint density at radius 1 is 1.24 bits per heavy atom. The fraction of sp³-hybridized carbons (Fsp3) is 0.571. The number of halogens is 1. The van der Waals surface area contributed by atoms with E-state index in [0.29, 0.717) is 12.1 Å². The molecule has 0 heterocycles. The zero-order chi connectivity index (χ0) is 12.1. The smallest absolute Gasteiger partial charge is 0.0572 e. The third-order valence-corrected chi connectivity index (χ3v) is 4.32. The van der Waals surface area contributed by atoms with Crippen LogP contribution in [0.1, 0.15) is 31.2 Å². The summed E-state index contributed by atoms with van der Waals surface area (Å²) in [5.74, 6) is 0. The number of hydrogen-bond acceptors (Lipinski definition) is 2. The van der Waals surface area contributed by atoms with E-state index >= 15 is 0 Å². The van der Waals surface area contributed by atoms with Crippen molar-refractivity contribution in [3.05, 3.63) is 34.3 Å². The van der Waals surface area contributed by atoms with Crippen LogP contribution in [0.25, 0.3) is 0 Å². The molecule has 0 atom stereocenters. The largest absolute Gasteiger partial charge is 0.381 e. The molecule has 17 heavy (non-hydrogen) atoms. The highest BCUT2D eigenvalue weighted by Gasteiger charge is 2.20. The molecule has 1 fully saturated rings. The van der Waals surface area contributed by atoms with Gasteiger partial charge in [-0.25, -0.2) is 0 Å². The second-order valence-corrected chi connectivity index (χ2v) is 5.54. The molecule has 0 amide bonds. The van der Waals surface area contributed by atoms with Crippen LogP contribution < -0.4 is 5.32 Å². The predicted octanol–water partition coefficient (Wildman–Crippen LogP) is 3.50. The molecule has 0 bridgehead atoms. The first-order chi connectivity index (χ1) is 8.29. The van der Waals surface area contributed by atoms with Gasteiger partial charge in [0.2, 0.25) is 0 Å². The third-order valence-electron chi connectivity index (χ3n) is 3.55. The van der Waals surface area contributed by atoms with Gasteiger partial charge in [0.05, 0.1) is 6.10 Å². The van der Waals surface area contributed by atoms with E-state index in [1.165, 1.54) is 35.7 Å². The van der Waals surface area contributed by atoms with Crippen molar-refractivity contribution >= 4 is 15.9 Å². The van der Waals surface area contributed by atoms with Gasteiger partial charge in [-0.1, -0.05) is 34.1 Å². The Morgan fingerprint density at radius 3 is 2.59 bits per heavy atom. The van der Waals surface area contributed by atoms with Gasteiger partial charge >= 0.3 is 0 Å². The molecule has 1 aromatic rings. The summed E-state index contributed by atoms with van der Waals surface area (Å²) in [5, 5.41) is 3.64. The lowest BCUT2D eigenvalue weighted by Gasteiger charge is -2.28. The second-order valence-electron chi connectivity index (χ2n) is 4.68. The van der Waals surface area contributed by atoms with Crippen LogP contribution in [0.4, 0.5) is 0 Å². The first kappa shape index (κ1) is 13.1. The number of methoxy groups -OCH3 is 1. The molecule has 1 N–H and O–H groups in total. The summed E-state index contributed by atoms with van der Waals surface area (Å²) >= 11 is 3.58. The van der Waals surface area contributed by atoms with Gasteiger partial charge in [-0.05, 0) is 37.3 Å². The maximum atomic E-state index is 5.39. The minimum absolute atomic E-state index is 0.483. The Hall–Kier alpha value is -0.380. The van der Waals surface area contributed by atoms with Gasteiger partial charge in [-0.2, -0.15) is 0 Å². The molecular formula is C14H20BrNO. The summed E-state index contributed by atoms with van der Waals surface area (Å²) in [6, 6.07) is 9.05. The Kier molecular flexibility index (Phi) is 5.01. The van der Waals surface area contributed by atoms with E-state index in [1.807, 2.05) is 7.11 Å². The van der Waals surface area contributed by atoms with Gasteiger partial charge in [0.25, 0.3) is 0 Å². The van der Waals surface area contributed by atoms with Crippen molar-refractivity contribution < 1.29 is 4.74 Å². The quantitative estimate of drug-likeness (QED) is 0.918. The lowest BCUT2D eigenvalue weighted by molar-refractivity contribution is 0.0624. The van der Waals surface area contributed by atoms with Gasteiger partial charge in [0, 0.05) is 24.2 Å². The molecule has 0 aromatic heterocycles. The highest BCUT2D eigenvalue weighted by Crippen LogP contribution is 2.22. The van der Waals surface area contributed by atoms with Crippen LogP contribution in [0, 0.1) is 0 Å². The van der Waals surface area contributed by atoms with Crippen LogP contribution >= 0.6 is 15.9 Å². The number of benzene rings is 1. The summed E-state index contributed by atoms with van der Waals surface area (Å²) in [6.07, 6.45) is 5.30. The Morgan fingerprint density at radius 2 is 1.94 bits per heavy atom. The van der Waals surface area contributed by atoms with Gasteiger partial charge in [0.15, 0.2) is 0 Å². The topological polar surface area (TPSA) is 21.3 Å². The molecule has 1 saturated carbocycles. The molecule has 1 aliphatic rings. The second kappa shape index (κ2) is 6.53. The lowest BCUT2D eigenvalue weighted by Crippen LogP contribution is -2.34. The molecule has 1 aromatic carbocycles. The van der Waals surface area contributed by atoms with Gasteiger partial charge in [-0.3, -0.25) is 0 Å². The maximum Gasteiger partial charge on any atom is 0.0572 e. The first-order valence-corrected chi connectivity index (χ1v) is 7.08. The summed E-state index contributed by atoms with van der Waals surface area (Å²) in [4.78, 5) is 0. The van der Waals surface area contributed by atoms with E-state index in [2.05, 4.69) is 45.5 Å². The van der Waals surface area contributed by atoms with Gasteiger partial charge in [0.1, 0.15) is 0 Å². The van der Waals surface area contributed by atoms with Crippen molar-refractivity contribution in [3.63, 3.8) is 0 Å². The molecule has 2 nitrogen and oxygen atoms in total. The van der Waals surface area contributed by atoms with Gasteiger partial charge < -0.3 is 10.1 Å². The monoisotopic (exact) mass is 297 g/mol.